The summed E-state index contributed by atoms with van der Waals surface area (Å²) in [6.07, 6.45) is 0.690. The minimum Gasteiger partial charge on any atom is -0.469 e. The lowest BCUT2D eigenvalue weighted by atomic mass is 9.83. The molecule has 5 heteroatoms. The number of hydrogen-bond donors (Lipinski definition) is 0. The lowest BCUT2D eigenvalue weighted by Gasteiger charge is -2.23. The molecule has 0 saturated heterocycles. The highest BCUT2D eigenvalue weighted by molar-refractivity contribution is 9.10. The van der Waals surface area contributed by atoms with Crippen LogP contribution in [0.3, 0.4) is 0 Å². The van der Waals surface area contributed by atoms with E-state index >= 15 is 0 Å². The Kier molecular flexibility index (Phi) is 6.41. The predicted octanol–water partition coefficient (Wildman–Crippen LogP) is 6.93. The van der Waals surface area contributed by atoms with E-state index in [9.17, 15) is 4.79 Å². The zero-order valence-electron chi connectivity index (χ0n) is 16.4. The van der Waals surface area contributed by atoms with E-state index in [1.165, 1.54) is 7.11 Å². The van der Waals surface area contributed by atoms with Crippen LogP contribution in [0.5, 0.6) is 0 Å². The van der Waals surface area contributed by atoms with Crippen molar-refractivity contribution < 1.29 is 9.53 Å². The molecule has 0 aliphatic carbocycles. The first-order valence-electron chi connectivity index (χ1n) is 9.25. The van der Waals surface area contributed by atoms with Gasteiger partial charge in [0.25, 0.3) is 0 Å². The van der Waals surface area contributed by atoms with Gasteiger partial charge in [0.1, 0.15) is 0 Å². The number of rotatable bonds is 5. The van der Waals surface area contributed by atoms with Gasteiger partial charge in [-0.15, -0.1) is 0 Å². The summed E-state index contributed by atoms with van der Waals surface area (Å²) in [5.41, 5.74) is 4.68. The van der Waals surface area contributed by atoms with Gasteiger partial charge in [0.15, 0.2) is 0 Å². The highest BCUT2D eigenvalue weighted by Gasteiger charge is 2.29. The molecule has 1 unspecified atom stereocenters. The van der Waals surface area contributed by atoms with Gasteiger partial charge in [0.2, 0.25) is 0 Å². The minimum absolute atomic E-state index is 0.233. The summed E-state index contributed by atoms with van der Waals surface area (Å²) in [5, 5.41) is 1.67. The third kappa shape index (κ3) is 4.23. The third-order valence-electron chi connectivity index (χ3n) is 4.85. The SMILES string of the molecule is COC(=O)C(CC(C)C)c1c(C)nc2ccc(Br)cc2c1-c1ccc(Cl)cc1. The summed E-state index contributed by atoms with van der Waals surface area (Å²) < 4.78 is 6.13. The molecule has 146 valence electrons. The molecule has 28 heavy (non-hydrogen) atoms. The number of aryl methyl sites for hydroxylation is 1. The average molecular weight is 461 g/mol. The molecule has 0 N–H and O–H groups in total. The number of carbonyl (C=O) groups excluding carboxylic acids is 1. The summed E-state index contributed by atoms with van der Waals surface area (Å²) >= 11 is 9.70. The van der Waals surface area contributed by atoms with Crippen LogP contribution < -0.4 is 0 Å². The Bertz CT molecular complexity index is 1020. The van der Waals surface area contributed by atoms with Crippen LogP contribution in [0.15, 0.2) is 46.9 Å². The Balaban J connectivity index is 2.40. The maximum atomic E-state index is 12.8. The molecule has 1 aromatic heterocycles. The molecule has 1 atom stereocenters. The molecule has 0 fully saturated rings. The normalized spacial score (nSPS) is 12.4. The van der Waals surface area contributed by atoms with E-state index in [1.807, 2.05) is 43.3 Å². The van der Waals surface area contributed by atoms with Gasteiger partial charge in [-0.2, -0.15) is 0 Å². The van der Waals surface area contributed by atoms with Gasteiger partial charge in [-0.25, -0.2) is 0 Å². The van der Waals surface area contributed by atoms with Crippen LogP contribution in [0.2, 0.25) is 5.02 Å². The quantitative estimate of drug-likeness (QED) is 0.388. The highest BCUT2D eigenvalue weighted by atomic mass is 79.9. The number of carbonyl (C=O) groups is 1. The number of hydrogen-bond acceptors (Lipinski definition) is 3. The molecular formula is C23H23BrClNO2. The number of ether oxygens (including phenoxy) is 1. The van der Waals surface area contributed by atoms with Gasteiger partial charge in [0.05, 0.1) is 18.5 Å². The van der Waals surface area contributed by atoms with Crippen molar-refractivity contribution in [2.45, 2.75) is 33.1 Å². The molecule has 0 spiro atoms. The number of methoxy groups -OCH3 is 1. The van der Waals surface area contributed by atoms with E-state index in [0.29, 0.717) is 17.4 Å². The first-order valence-corrected chi connectivity index (χ1v) is 10.4. The van der Waals surface area contributed by atoms with Crippen LogP contribution in [0.4, 0.5) is 0 Å². The topological polar surface area (TPSA) is 39.2 Å². The first kappa shape index (κ1) is 20.8. The Morgan fingerprint density at radius 1 is 1.18 bits per heavy atom. The minimum atomic E-state index is -0.383. The number of halogens is 2. The second kappa shape index (κ2) is 8.62. The molecule has 0 saturated carbocycles. The summed E-state index contributed by atoms with van der Waals surface area (Å²) in [4.78, 5) is 17.6. The molecule has 0 aliphatic heterocycles. The van der Waals surface area contributed by atoms with Crippen LogP contribution in [-0.4, -0.2) is 18.1 Å². The number of aromatic nitrogens is 1. The molecule has 1 heterocycles. The first-order chi connectivity index (χ1) is 13.3. The van der Waals surface area contributed by atoms with Crippen molar-refractivity contribution in [1.82, 2.24) is 4.98 Å². The molecule has 0 radical (unpaired) electrons. The maximum absolute atomic E-state index is 12.8. The third-order valence-corrected chi connectivity index (χ3v) is 5.59. The van der Waals surface area contributed by atoms with E-state index < -0.39 is 0 Å². The van der Waals surface area contributed by atoms with Gasteiger partial charge in [-0.05, 0) is 66.3 Å². The van der Waals surface area contributed by atoms with Gasteiger partial charge in [-0.1, -0.05) is 53.5 Å². The summed E-state index contributed by atoms with van der Waals surface area (Å²) in [7, 11) is 1.44. The Hall–Kier alpha value is -1.91. The molecule has 0 amide bonds. The summed E-state index contributed by atoms with van der Waals surface area (Å²) in [6.45, 7) is 6.18. The number of fused-ring (bicyclic) bond motifs is 1. The van der Waals surface area contributed by atoms with E-state index in [1.54, 1.807) is 0 Å². The second-order valence-corrected chi connectivity index (χ2v) is 8.71. The summed E-state index contributed by atoms with van der Waals surface area (Å²) in [5.74, 6) is -0.283. The lowest BCUT2D eigenvalue weighted by molar-refractivity contribution is -0.142. The standard InChI is InChI=1S/C23H23BrClNO2/c1-13(2)11-19(23(27)28-4)21-14(3)26-20-10-7-16(24)12-18(20)22(21)15-5-8-17(25)9-6-15/h5-10,12-13,19H,11H2,1-4H3. The Morgan fingerprint density at radius 2 is 1.86 bits per heavy atom. The van der Waals surface area contributed by atoms with Gasteiger partial charge in [-0.3, -0.25) is 9.78 Å². The molecule has 3 rings (SSSR count). The average Bonchev–Trinajstić information content (AvgIpc) is 2.66. The largest absolute Gasteiger partial charge is 0.469 e. The number of esters is 1. The molecule has 2 aromatic carbocycles. The van der Waals surface area contributed by atoms with Crippen molar-refractivity contribution >= 4 is 44.4 Å². The van der Waals surface area contributed by atoms with Crippen LogP contribution in [0.1, 0.15) is 37.4 Å². The zero-order chi connectivity index (χ0) is 20.4. The molecule has 0 bridgehead atoms. The van der Waals surface area contributed by atoms with Crippen molar-refractivity contribution in [2.24, 2.45) is 5.92 Å². The monoisotopic (exact) mass is 459 g/mol. The van der Waals surface area contributed by atoms with Crippen LogP contribution in [-0.2, 0) is 9.53 Å². The predicted molar refractivity (Wildman–Crippen MR) is 119 cm³/mol. The van der Waals surface area contributed by atoms with E-state index in [2.05, 4.69) is 35.8 Å². The van der Waals surface area contributed by atoms with Crippen molar-refractivity contribution in [3.8, 4) is 11.1 Å². The van der Waals surface area contributed by atoms with Crippen molar-refractivity contribution in [1.29, 1.82) is 0 Å². The zero-order valence-corrected chi connectivity index (χ0v) is 18.8. The maximum Gasteiger partial charge on any atom is 0.313 e. The van der Waals surface area contributed by atoms with Gasteiger partial charge < -0.3 is 4.74 Å². The van der Waals surface area contributed by atoms with Crippen LogP contribution in [0, 0.1) is 12.8 Å². The Morgan fingerprint density at radius 3 is 2.46 bits per heavy atom. The summed E-state index contributed by atoms with van der Waals surface area (Å²) in [6, 6.07) is 13.7. The Labute approximate surface area is 179 Å². The van der Waals surface area contributed by atoms with Crippen LogP contribution >= 0.6 is 27.5 Å². The second-order valence-electron chi connectivity index (χ2n) is 7.36. The molecular weight excluding hydrogens is 438 g/mol. The van der Waals surface area contributed by atoms with Gasteiger partial charge >= 0.3 is 5.97 Å². The van der Waals surface area contributed by atoms with E-state index in [-0.39, 0.29) is 11.9 Å². The van der Waals surface area contributed by atoms with E-state index in [0.717, 1.165) is 37.8 Å². The highest BCUT2D eigenvalue weighted by Crippen LogP contribution is 2.40. The van der Waals surface area contributed by atoms with Crippen molar-refractivity contribution in [3.63, 3.8) is 0 Å². The fourth-order valence-corrected chi connectivity index (χ4v) is 4.16. The smallest absolute Gasteiger partial charge is 0.313 e. The fraction of sp³-hybridized carbons (Fsp3) is 0.304. The lowest BCUT2D eigenvalue weighted by Crippen LogP contribution is -2.19. The fourth-order valence-electron chi connectivity index (χ4n) is 3.67. The van der Waals surface area contributed by atoms with Crippen molar-refractivity contribution in [2.75, 3.05) is 7.11 Å². The molecule has 3 nitrogen and oxygen atoms in total. The van der Waals surface area contributed by atoms with E-state index in [4.69, 9.17) is 21.3 Å². The number of pyridine rings is 1. The number of nitrogens with zero attached hydrogens (tertiary/aromatic N) is 1. The van der Waals surface area contributed by atoms with Gasteiger partial charge in [0, 0.05) is 20.6 Å². The number of benzene rings is 2. The van der Waals surface area contributed by atoms with Crippen LogP contribution in [0.25, 0.3) is 22.0 Å². The molecule has 3 aromatic rings. The van der Waals surface area contributed by atoms with Crippen molar-refractivity contribution in [3.05, 3.63) is 63.2 Å². The molecule has 0 aliphatic rings.